The van der Waals surface area contributed by atoms with Crippen LogP contribution in [0.15, 0.2) is 73.1 Å². The molecule has 1 aliphatic heterocycles. The monoisotopic (exact) mass is 279 g/mol. The molecule has 3 rings (SSSR count). The summed E-state index contributed by atoms with van der Waals surface area (Å²) in [4.78, 5) is 3.91. The Labute approximate surface area is 127 Å². The van der Waals surface area contributed by atoms with Crippen LogP contribution in [0.25, 0.3) is 0 Å². The Hall–Kier alpha value is -2.06. The maximum atomic E-state index is 2.42. The minimum Gasteiger partial charge on any atom is -0.319 e. The Kier molecular flexibility index (Phi) is 4.07. The molecule has 0 saturated heterocycles. The summed E-state index contributed by atoms with van der Waals surface area (Å²) in [5, 5.41) is 0. The van der Waals surface area contributed by atoms with E-state index in [1.54, 1.807) is 0 Å². The zero-order valence-corrected chi connectivity index (χ0v) is 12.7. The predicted molar refractivity (Wildman–Crippen MR) is 86.5 cm³/mol. The molecular formula is C19H23N2+. The number of nitrogens with zero attached hydrogens (tertiary/aromatic N) is 1. The molecule has 0 bridgehead atoms. The minimum absolute atomic E-state index is 0.419. The smallest absolute Gasteiger partial charge is 0.157 e. The van der Waals surface area contributed by atoms with E-state index in [0.717, 1.165) is 6.67 Å². The highest BCUT2D eigenvalue weighted by atomic mass is 15.4. The van der Waals surface area contributed by atoms with Gasteiger partial charge in [0.25, 0.3) is 0 Å². The molecule has 2 aromatic carbocycles. The third kappa shape index (κ3) is 3.01. The van der Waals surface area contributed by atoms with E-state index in [2.05, 4.69) is 91.8 Å². The summed E-state index contributed by atoms with van der Waals surface area (Å²) in [6.45, 7) is 5.59. The van der Waals surface area contributed by atoms with Gasteiger partial charge in [-0.2, -0.15) is 0 Å². The summed E-state index contributed by atoms with van der Waals surface area (Å²) < 4.78 is 0. The molecule has 1 unspecified atom stereocenters. The first kappa shape index (κ1) is 13.9. The molecule has 0 fully saturated rings. The van der Waals surface area contributed by atoms with Crippen molar-refractivity contribution in [3.8, 4) is 0 Å². The fourth-order valence-corrected chi connectivity index (χ4v) is 2.93. The van der Waals surface area contributed by atoms with E-state index < -0.39 is 0 Å². The van der Waals surface area contributed by atoms with Crippen LogP contribution in [0.2, 0.25) is 0 Å². The van der Waals surface area contributed by atoms with Gasteiger partial charge < -0.3 is 4.90 Å². The second-order valence-electron chi connectivity index (χ2n) is 5.78. The number of benzene rings is 2. The van der Waals surface area contributed by atoms with Crippen molar-refractivity contribution >= 4 is 0 Å². The Balaban J connectivity index is 1.68. The molecule has 1 N–H and O–H groups in total. The summed E-state index contributed by atoms with van der Waals surface area (Å²) in [6.07, 6.45) is 4.53. The molecule has 2 aromatic rings. The standard InChI is InChI=1S/C19H22N2/c1-16(18-9-5-3-6-10-18)20-13-14-21(15-20)17(2)19-11-7-4-8-12-19/h3-14,16-17H,15H2,1-2H3/p+1/t16-,17-/m1/s1. The van der Waals surface area contributed by atoms with Gasteiger partial charge in [-0.3, -0.25) is 4.90 Å². The summed E-state index contributed by atoms with van der Waals surface area (Å²) in [6, 6.07) is 22.4. The van der Waals surface area contributed by atoms with Crippen LogP contribution in [-0.4, -0.2) is 11.6 Å². The zero-order valence-electron chi connectivity index (χ0n) is 12.7. The van der Waals surface area contributed by atoms with Crippen LogP contribution in [0.3, 0.4) is 0 Å². The summed E-state index contributed by atoms with van der Waals surface area (Å²) >= 11 is 0. The molecule has 0 aromatic heterocycles. The Morgan fingerprint density at radius 1 is 0.857 bits per heavy atom. The van der Waals surface area contributed by atoms with Gasteiger partial charge in [-0.15, -0.1) is 0 Å². The fraction of sp³-hybridized carbons (Fsp3) is 0.263. The van der Waals surface area contributed by atoms with Crippen molar-refractivity contribution in [2.24, 2.45) is 0 Å². The summed E-state index contributed by atoms with van der Waals surface area (Å²) in [5.41, 5.74) is 2.77. The maximum absolute atomic E-state index is 2.42. The van der Waals surface area contributed by atoms with Gasteiger partial charge in [0.2, 0.25) is 0 Å². The van der Waals surface area contributed by atoms with Gasteiger partial charge in [0.1, 0.15) is 12.2 Å². The number of rotatable bonds is 4. The molecule has 1 aliphatic rings. The van der Waals surface area contributed by atoms with Gasteiger partial charge in [-0.05, 0) is 19.4 Å². The van der Waals surface area contributed by atoms with E-state index in [4.69, 9.17) is 0 Å². The van der Waals surface area contributed by atoms with Crippen molar-refractivity contribution in [1.82, 2.24) is 4.90 Å². The summed E-state index contributed by atoms with van der Waals surface area (Å²) in [5.74, 6) is 0. The molecule has 0 amide bonds. The molecular weight excluding hydrogens is 256 g/mol. The Morgan fingerprint density at radius 2 is 1.43 bits per heavy atom. The van der Waals surface area contributed by atoms with Gasteiger partial charge in [0.15, 0.2) is 6.67 Å². The highest BCUT2D eigenvalue weighted by molar-refractivity contribution is 5.19. The average molecular weight is 279 g/mol. The molecule has 0 saturated carbocycles. The van der Waals surface area contributed by atoms with Gasteiger partial charge in [-0.1, -0.05) is 60.7 Å². The molecule has 2 heteroatoms. The normalized spacial score (nSPS) is 20.5. The third-order valence-electron chi connectivity index (χ3n) is 4.48. The fourth-order valence-electron chi connectivity index (χ4n) is 2.93. The molecule has 0 radical (unpaired) electrons. The van der Waals surface area contributed by atoms with Crippen molar-refractivity contribution in [1.29, 1.82) is 0 Å². The third-order valence-corrected chi connectivity index (χ3v) is 4.48. The van der Waals surface area contributed by atoms with Crippen LogP contribution in [0.5, 0.6) is 0 Å². The highest BCUT2D eigenvalue weighted by Gasteiger charge is 2.27. The van der Waals surface area contributed by atoms with Crippen LogP contribution in [0, 0.1) is 0 Å². The Bertz CT molecular complexity index is 538. The van der Waals surface area contributed by atoms with Crippen LogP contribution in [0.4, 0.5) is 0 Å². The van der Waals surface area contributed by atoms with Crippen molar-refractivity contribution < 1.29 is 4.90 Å². The van der Waals surface area contributed by atoms with Crippen molar-refractivity contribution in [3.63, 3.8) is 0 Å². The lowest BCUT2D eigenvalue weighted by molar-refractivity contribution is -0.881. The topological polar surface area (TPSA) is 7.68 Å². The van der Waals surface area contributed by atoms with E-state index in [-0.39, 0.29) is 0 Å². The molecule has 3 atom stereocenters. The van der Waals surface area contributed by atoms with E-state index >= 15 is 0 Å². The minimum atomic E-state index is 0.419. The van der Waals surface area contributed by atoms with Crippen LogP contribution >= 0.6 is 0 Å². The number of hydrogen-bond acceptors (Lipinski definition) is 1. The van der Waals surface area contributed by atoms with E-state index in [1.807, 2.05) is 0 Å². The first-order chi connectivity index (χ1) is 10.3. The van der Waals surface area contributed by atoms with Gasteiger partial charge in [-0.25, -0.2) is 0 Å². The second kappa shape index (κ2) is 6.15. The second-order valence-corrected chi connectivity index (χ2v) is 5.78. The molecule has 0 spiro atoms. The molecule has 0 aliphatic carbocycles. The number of nitrogens with one attached hydrogen (secondary N) is 1. The zero-order chi connectivity index (χ0) is 14.7. The lowest BCUT2D eigenvalue weighted by atomic mass is 10.1. The van der Waals surface area contributed by atoms with Crippen molar-refractivity contribution in [3.05, 3.63) is 84.2 Å². The molecule has 21 heavy (non-hydrogen) atoms. The highest BCUT2D eigenvalue weighted by Crippen LogP contribution is 2.20. The Morgan fingerprint density at radius 3 is 2.05 bits per heavy atom. The van der Waals surface area contributed by atoms with Crippen LogP contribution in [-0.2, 0) is 0 Å². The quantitative estimate of drug-likeness (QED) is 0.903. The summed E-state index contributed by atoms with van der Waals surface area (Å²) in [7, 11) is 0. The number of hydrogen-bond donors (Lipinski definition) is 1. The van der Waals surface area contributed by atoms with E-state index in [1.165, 1.54) is 16.0 Å². The van der Waals surface area contributed by atoms with Crippen molar-refractivity contribution in [2.45, 2.75) is 25.9 Å². The first-order valence-electron chi connectivity index (χ1n) is 7.65. The van der Waals surface area contributed by atoms with Crippen LogP contribution < -0.4 is 4.90 Å². The SMILES string of the molecule is C[C@H](c1ccccc1)N1C=C[NH+]([C@H](C)c2ccccc2)C1. The first-order valence-corrected chi connectivity index (χ1v) is 7.65. The lowest BCUT2D eigenvalue weighted by Gasteiger charge is -2.26. The number of quaternary nitrogens is 1. The average Bonchev–Trinajstić information content (AvgIpc) is 3.05. The lowest BCUT2D eigenvalue weighted by Crippen LogP contribution is -3.07. The molecule has 108 valence electrons. The predicted octanol–water partition coefficient (Wildman–Crippen LogP) is 3.14. The van der Waals surface area contributed by atoms with E-state index in [0.29, 0.717) is 12.1 Å². The maximum Gasteiger partial charge on any atom is 0.157 e. The largest absolute Gasteiger partial charge is 0.319 e. The van der Waals surface area contributed by atoms with Crippen LogP contribution in [0.1, 0.15) is 37.1 Å². The van der Waals surface area contributed by atoms with Crippen molar-refractivity contribution in [2.75, 3.05) is 6.67 Å². The molecule has 1 heterocycles. The van der Waals surface area contributed by atoms with Gasteiger partial charge in [0.05, 0.1) is 12.2 Å². The van der Waals surface area contributed by atoms with Gasteiger partial charge >= 0.3 is 0 Å². The van der Waals surface area contributed by atoms with Gasteiger partial charge in [0, 0.05) is 5.56 Å². The van der Waals surface area contributed by atoms with E-state index in [9.17, 15) is 0 Å². The molecule has 2 nitrogen and oxygen atoms in total.